The fourth-order valence-corrected chi connectivity index (χ4v) is 8.14. The highest BCUT2D eigenvalue weighted by molar-refractivity contribution is 6.02. The molecule has 0 unspecified atom stereocenters. The van der Waals surface area contributed by atoms with Gasteiger partial charge < -0.3 is 0 Å². The number of hydrogen-bond donors (Lipinski definition) is 0. The molecule has 350 valence electrons. The van der Waals surface area contributed by atoms with Gasteiger partial charge in [0.1, 0.15) is 0 Å². The summed E-state index contributed by atoms with van der Waals surface area (Å²) in [6.45, 7) is 0. The van der Waals surface area contributed by atoms with E-state index in [1.54, 1.807) is 82.6 Å². The van der Waals surface area contributed by atoms with Crippen molar-refractivity contribution in [2.24, 2.45) is 0 Å². The van der Waals surface area contributed by atoms with Crippen molar-refractivity contribution >= 4 is 45.7 Å². The Morgan fingerprint density at radius 3 is 0.814 bits per heavy atom. The van der Waals surface area contributed by atoms with Crippen LogP contribution in [0.1, 0.15) is 22.3 Å². The molecule has 0 amide bonds. The number of hydrogen-bond acceptors (Lipinski definition) is 6. The molecule has 0 fully saturated rings. The molecule has 0 atom stereocenters. The summed E-state index contributed by atoms with van der Waals surface area (Å²) in [4.78, 5) is 23.6. The van der Waals surface area contributed by atoms with E-state index in [-0.39, 0.29) is 67.9 Å². The average Bonchev–Trinajstić information content (AvgIpc) is 3.34. The van der Waals surface area contributed by atoms with E-state index in [9.17, 15) is 52.7 Å². The lowest BCUT2D eigenvalue weighted by atomic mass is 9.92. The summed E-state index contributed by atoms with van der Waals surface area (Å²) in [6, 6.07) is 36.8. The van der Waals surface area contributed by atoms with E-state index < -0.39 is 47.0 Å². The first-order valence-corrected chi connectivity index (χ1v) is 20.9. The van der Waals surface area contributed by atoms with Gasteiger partial charge in [0.2, 0.25) is 0 Å². The summed E-state index contributed by atoms with van der Waals surface area (Å²) in [6.07, 6.45) is -18.7. The fraction of sp³-hybridized carbons (Fsp3) is 0.0769. The Morgan fingerprint density at radius 1 is 0.286 bits per heavy atom. The monoisotopic (exact) mass is 964 g/mol. The minimum Gasteiger partial charge on any atom is -0.273 e. The van der Waals surface area contributed by atoms with Gasteiger partial charge in [-0.05, 0) is 107 Å². The van der Waals surface area contributed by atoms with E-state index in [0.717, 1.165) is 48.5 Å². The van der Waals surface area contributed by atoms with Gasteiger partial charge in [0.25, 0.3) is 0 Å². The van der Waals surface area contributed by atoms with Gasteiger partial charge in [0.05, 0.1) is 44.7 Å². The lowest BCUT2D eigenvalue weighted by molar-refractivity contribution is -0.138. The molecule has 2 aromatic heterocycles. The van der Waals surface area contributed by atoms with Crippen LogP contribution in [0, 0.1) is 0 Å². The summed E-state index contributed by atoms with van der Waals surface area (Å²) in [5, 5.41) is 0. The summed E-state index contributed by atoms with van der Waals surface area (Å²) < 4.78 is 165. The molecule has 0 bridgehead atoms. The van der Waals surface area contributed by atoms with Crippen molar-refractivity contribution < 1.29 is 52.7 Å². The molecule has 0 aliphatic carbocycles. The van der Waals surface area contributed by atoms with Gasteiger partial charge in [-0.15, -0.1) is 0 Å². The van der Waals surface area contributed by atoms with Crippen molar-refractivity contribution in [2.45, 2.75) is 24.7 Å². The maximum atomic E-state index is 13.8. The summed E-state index contributed by atoms with van der Waals surface area (Å²) in [5.74, 6) is 0.355. The number of para-hydroxylation sites is 2. The Morgan fingerprint density at radius 2 is 0.543 bits per heavy atom. The first-order chi connectivity index (χ1) is 33.2. The topological polar surface area (TPSA) is 58.0 Å². The molecule has 1 aliphatic rings. The Bertz CT molecular complexity index is 3170. The highest BCUT2D eigenvalue weighted by Gasteiger charge is 2.39. The Labute approximate surface area is 388 Å². The summed E-state index contributed by atoms with van der Waals surface area (Å²) in [7, 11) is 0. The van der Waals surface area contributed by atoms with E-state index >= 15 is 0 Å². The average molecular weight is 965 g/mol. The lowest BCUT2D eigenvalue weighted by Gasteiger charge is -2.37. The number of nitrogens with zero attached hydrogens (tertiary/aromatic N) is 6. The SMILES string of the molecule is FC(F)(F)c1ccc(-c2cc3nc4c(nc3cc2-c2ccc(C(F)(F)F)cc2)N(c2ccccc2)c2nc(-c3ccc(C(F)(F)F)cc3)c(-c3ccc(C(F)(F)F)cc3)nc2N4c2ccccc2)cc1. The third-order valence-corrected chi connectivity index (χ3v) is 11.5. The standard InChI is InChI=1S/C52H28F12N6/c53-49(54,55)33-19-11-29(12-20-33)39-27-41-42(28-40(39)30-13-21-34(22-14-30)50(56,57)58)66-46-45(65-41)69(37-7-3-1-4-8-37)47-48(70(46)38-9-5-2-6-10-38)68-44(32-17-25-36(26-18-32)52(62,63)64)43(67-47)31-15-23-35(24-16-31)51(59,60)61/h1-28H. The molecule has 0 radical (unpaired) electrons. The van der Waals surface area contributed by atoms with Crippen LogP contribution in [-0.4, -0.2) is 19.9 Å². The molecule has 0 N–H and O–H groups in total. The van der Waals surface area contributed by atoms with Crippen molar-refractivity contribution in [3.63, 3.8) is 0 Å². The van der Waals surface area contributed by atoms with Crippen molar-refractivity contribution in [1.82, 2.24) is 19.9 Å². The number of aromatic nitrogens is 4. The van der Waals surface area contributed by atoms with E-state index in [1.165, 1.54) is 48.5 Å². The van der Waals surface area contributed by atoms with E-state index in [0.29, 0.717) is 22.5 Å². The maximum absolute atomic E-state index is 13.8. The Hall–Kier alpha value is -8.28. The number of alkyl halides is 12. The second-order valence-corrected chi connectivity index (χ2v) is 16.0. The number of fused-ring (bicyclic) bond motifs is 3. The zero-order valence-electron chi connectivity index (χ0n) is 35.4. The zero-order chi connectivity index (χ0) is 49.3. The van der Waals surface area contributed by atoms with Crippen LogP contribution in [0.2, 0.25) is 0 Å². The van der Waals surface area contributed by atoms with E-state index in [4.69, 9.17) is 19.9 Å². The summed E-state index contributed by atoms with van der Waals surface area (Å²) in [5.41, 5.74) is -1.20. The molecule has 0 saturated heterocycles. The lowest BCUT2D eigenvalue weighted by Crippen LogP contribution is -2.28. The first kappa shape index (κ1) is 45.5. The van der Waals surface area contributed by atoms with Crippen LogP contribution in [0.15, 0.2) is 170 Å². The number of benzene rings is 7. The maximum Gasteiger partial charge on any atom is 0.416 e. The van der Waals surface area contributed by atoms with Crippen LogP contribution >= 0.6 is 0 Å². The van der Waals surface area contributed by atoms with Crippen LogP contribution in [0.3, 0.4) is 0 Å². The van der Waals surface area contributed by atoms with Gasteiger partial charge in [0, 0.05) is 22.5 Å². The van der Waals surface area contributed by atoms with E-state index in [1.807, 2.05) is 0 Å². The van der Waals surface area contributed by atoms with Gasteiger partial charge in [-0.1, -0.05) is 84.9 Å². The highest BCUT2D eigenvalue weighted by atomic mass is 19.4. The molecule has 9 aromatic rings. The zero-order valence-corrected chi connectivity index (χ0v) is 35.4. The van der Waals surface area contributed by atoms with Crippen LogP contribution in [0.5, 0.6) is 0 Å². The Balaban J connectivity index is 1.26. The minimum absolute atomic E-state index is 0.0100. The molecule has 18 heteroatoms. The molecular formula is C52H28F12N6. The predicted octanol–water partition coefficient (Wildman–Crippen LogP) is 16.4. The van der Waals surface area contributed by atoms with Crippen LogP contribution in [0.4, 0.5) is 87.3 Å². The normalized spacial score (nSPS) is 13.1. The minimum atomic E-state index is -4.70. The van der Waals surface area contributed by atoms with Crippen LogP contribution in [0.25, 0.3) is 55.8 Å². The van der Waals surface area contributed by atoms with Crippen molar-refractivity contribution in [3.8, 4) is 44.8 Å². The smallest absolute Gasteiger partial charge is 0.273 e. The molecule has 6 nitrogen and oxygen atoms in total. The van der Waals surface area contributed by atoms with Crippen molar-refractivity contribution in [1.29, 1.82) is 0 Å². The third kappa shape index (κ3) is 8.49. The molecule has 10 rings (SSSR count). The van der Waals surface area contributed by atoms with Crippen LogP contribution < -0.4 is 9.80 Å². The van der Waals surface area contributed by atoms with Gasteiger partial charge >= 0.3 is 24.7 Å². The molecule has 1 aliphatic heterocycles. The van der Waals surface area contributed by atoms with E-state index in [2.05, 4.69) is 0 Å². The first-order valence-electron chi connectivity index (χ1n) is 20.9. The molecule has 3 heterocycles. The molecule has 70 heavy (non-hydrogen) atoms. The summed E-state index contributed by atoms with van der Waals surface area (Å²) >= 11 is 0. The fourth-order valence-electron chi connectivity index (χ4n) is 8.14. The van der Waals surface area contributed by atoms with Gasteiger partial charge in [-0.25, -0.2) is 19.9 Å². The molecular weight excluding hydrogens is 937 g/mol. The molecule has 0 saturated carbocycles. The second-order valence-electron chi connectivity index (χ2n) is 16.0. The number of halogens is 12. The molecule has 0 spiro atoms. The second kappa shape index (κ2) is 16.7. The predicted molar refractivity (Wildman–Crippen MR) is 240 cm³/mol. The molecule has 7 aromatic carbocycles. The third-order valence-electron chi connectivity index (χ3n) is 11.5. The number of anilines is 6. The Kier molecular flexibility index (Phi) is 10.9. The van der Waals surface area contributed by atoms with Crippen molar-refractivity contribution in [2.75, 3.05) is 9.80 Å². The van der Waals surface area contributed by atoms with Crippen LogP contribution in [-0.2, 0) is 24.7 Å². The number of rotatable bonds is 6. The van der Waals surface area contributed by atoms with Gasteiger partial charge in [-0.2, -0.15) is 52.7 Å². The van der Waals surface area contributed by atoms with Gasteiger partial charge in [0.15, 0.2) is 23.3 Å². The largest absolute Gasteiger partial charge is 0.416 e. The highest BCUT2D eigenvalue weighted by Crippen LogP contribution is 2.54. The van der Waals surface area contributed by atoms with Gasteiger partial charge in [-0.3, -0.25) is 9.80 Å². The van der Waals surface area contributed by atoms with Crippen molar-refractivity contribution in [3.05, 3.63) is 192 Å². The quantitative estimate of drug-likeness (QED) is 0.155.